The summed E-state index contributed by atoms with van der Waals surface area (Å²) in [7, 11) is 1.25. The van der Waals surface area contributed by atoms with Gasteiger partial charge in [-0.15, -0.1) is 0 Å². The summed E-state index contributed by atoms with van der Waals surface area (Å²) in [5.74, 6) is -0.733. The number of methoxy groups -OCH3 is 1. The Bertz CT molecular complexity index is 1150. The number of amides is 3. The summed E-state index contributed by atoms with van der Waals surface area (Å²) in [4.78, 5) is 38.3. The zero-order chi connectivity index (χ0) is 23.0. The first kappa shape index (κ1) is 21.3. The predicted octanol–water partition coefficient (Wildman–Crippen LogP) is 2.28. The van der Waals surface area contributed by atoms with Crippen LogP contribution in [0.1, 0.15) is 41.9 Å². The van der Waals surface area contributed by atoms with Gasteiger partial charge in [-0.25, -0.2) is 4.79 Å². The predicted molar refractivity (Wildman–Crippen MR) is 113 cm³/mol. The molecule has 0 bridgehead atoms. The minimum Gasteiger partial charge on any atom is -0.664 e. The number of aromatic nitrogens is 2. The number of carbonyl (C=O) groups excluding carboxylic acids is 3. The maximum Gasteiger partial charge on any atom is 0.408 e. The topological polar surface area (TPSA) is 153 Å². The largest absolute Gasteiger partial charge is 0.664 e. The van der Waals surface area contributed by atoms with Crippen molar-refractivity contribution in [1.82, 2.24) is 20.0 Å². The standard InChI is InChI=1S/C21H22N7O4/c1-12-10-27(11-24-20(31)32-2)18(29)17-8-16(26-28(12)17)14-4-3-13(9-22)7-15(14)25-19(30)21(23)5-6-21/h3-4,7-8,12,23H,5-6,10-11H2,1-2H3,(H,24,31)(H,25,30)/q-1/t12-/m0/s1. The number of nitrogens with one attached hydrogen (secondary N) is 3. The highest BCUT2D eigenvalue weighted by Gasteiger charge is 2.38. The normalized spacial score (nSPS) is 18.4. The molecular formula is C21H22N7O4-. The molecule has 0 unspecified atom stereocenters. The van der Waals surface area contributed by atoms with Gasteiger partial charge in [0.2, 0.25) is 5.91 Å². The lowest BCUT2D eigenvalue weighted by Gasteiger charge is -2.31. The van der Waals surface area contributed by atoms with Gasteiger partial charge in [-0.1, -0.05) is 12.8 Å². The fraction of sp³-hybridized carbons (Fsp3) is 0.381. The number of hydrogen-bond donors (Lipinski definition) is 2. The Balaban J connectivity index is 1.65. The third-order valence-electron chi connectivity index (χ3n) is 5.60. The van der Waals surface area contributed by atoms with E-state index in [0.717, 1.165) is 0 Å². The molecule has 32 heavy (non-hydrogen) atoms. The van der Waals surface area contributed by atoms with Gasteiger partial charge in [0.05, 0.1) is 42.8 Å². The molecule has 0 spiro atoms. The molecule has 11 heteroatoms. The van der Waals surface area contributed by atoms with Crippen molar-refractivity contribution < 1.29 is 19.1 Å². The lowest BCUT2D eigenvalue weighted by Crippen LogP contribution is -2.47. The van der Waals surface area contributed by atoms with E-state index in [0.29, 0.717) is 47.6 Å². The zero-order valence-corrected chi connectivity index (χ0v) is 17.6. The molecule has 166 valence electrons. The molecule has 2 aliphatic rings. The van der Waals surface area contributed by atoms with Crippen molar-refractivity contribution in [2.75, 3.05) is 25.6 Å². The van der Waals surface area contributed by atoms with Crippen LogP contribution >= 0.6 is 0 Å². The van der Waals surface area contributed by atoms with E-state index in [-0.39, 0.29) is 18.6 Å². The molecule has 3 N–H and O–H groups in total. The molecule has 11 nitrogen and oxygen atoms in total. The van der Waals surface area contributed by atoms with Crippen LogP contribution in [0.25, 0.3) is 17.0 Å². The minimum absolute atomic E-state index is 0.000115. The van der Waals surface area contributed by atoms with Crippen molar-refractivity contribution in [2.45, 2.75) is 31.3 Å². The summed E-state index contributed by atoms with van der Waals surface area (Å²) >= 11 is 0. The number of ether oxygens (including phenoxy) is 1. The van der Waals surface area contributed by atoms with Crippen molar-refractivity contribution in [1.29, 1.82) is 5.26 Å². The van der Waals surface area contributed by atoms with E-state index in [2.05, 4.69) is 20.5 Å². The Hall–Kier alpha value is -3.91. The molecule has 2 heterocycles. The smallest absolute Gasteiger partial charge is 0.408 e. The number of carbonyl (C=O) groups is 3. The van der Waals surface area contributed by atoms with Crippen LogP contribution in [-0.2, 0) is 9.53 Å². The molecule has 2 aromatic rings. The highest BCUT2D eigenvalue weighted by atomic mass is 16.5. The summed E-state index contributed by atoms with van der Waals surface area (Å²) < 4.78 is 6.16. The van der Waals surface area contributed by atoms with Crippen LogP contribution in [0.5, 0.6) is 0 Å². The maximum absolute atomic E-state index is 12.9. The van der Waals surface area contributed by atoms with Crippen LogP contribution in [0.2, 0.25) is 0 Å². The maximum atomic E-state index is 12.9. The number of anilines is 1. The SMILES string of the molecule is COC(=O)NCN1C[C@H](C)n2nc(-c3ccc(C#N)cc3NC(=O)C3([NH-])CC3)cc2C1=O. The zero-order valence-electron chi connectivity index (χ0n) is 17.6. The number of nitriles is 1. The van der Waals surface area contributed by atoms with Crippen molar-refractivity contribution in [3.05, 3.63) is 41.3 Å². The molecule has 3 amide bonds. The second-order valence-electron chi connectivity index (χ2n) is 7.97. The second-order valence-corrected chi connectivity index (χ2v) is 7.97. The average Bonchev–Trinajstić information content (AvgIpc) is 3.38. The summed E-state index contributed by atoms with van der Waals surface area (Å²) in [6, 6.07) is 8.31. The molecular weight excluding hydrogens is 414 g/mol. The Kier molecular flexibility index (Phi) is 5.31. The molecule has 0 saturated heterocycles. The lowest BCUT2D eigenvalue weighted by molar-refractivity contribution is -0.117. The van der Waals surface area contributed by atoms with Crippen LogP contribution in [0.15, 0.2) is 24.3 Å². The number of rotatable bonds is 5. The second kappa shape index (κ2) is 7.97. The third kappa shape index (κ3) is 3.88. The Morgan fingerprint density at radius 2 is 2.12 bits per heavy atom. The van der Waals surface area contributed by atoms with Crippen molar-refractivity contribution >= 4 is 23.6 Å². The first-order valence-corrected chi connectivity index (χ1v) is 10.1. The summed E-state index contributed by atoms with van der Waals surface area (Å²) in [6.07, 6.45) is 0.351. The number of fused-ring (bicyclic) bond motifs is 1. The average molecular weight is 436 g/mol. The monoisotopic (exact) mass is 436 g/mol. The number of hydrogen-bond acceptors (Lipinski definition) is 6. The molecule has 1 aromatic heterocycles. The highest BCUT2D eigenvalue weighted by Crippen LogP contribution is 2.40. The van der Waals surface area contributed by atoms with E-state index < -0.39 is 17.5 Å². The van der Waals surface area contributed by atoms with Gasteiger partial charge in [-0.2, -0.15) is 10.4 Å². The number of nitrogens with zero attached hydrogens (tertiary/aromatic N) is 4. The fourth-order valence-electron chi connectivity index (χ4n) is 3.57. The Morgan fingerprint density at radius 3 is 2.78 bits per heavy atom. The summed E-state index contributed by atoms with van der Waals surface area (Å²) in [5, 5.41) is 19.1. The van der Waals surface area contributed by atoms with Gasteiger partial charge in [-0.3, -0.25) is 14.3 Å². The van der Waals surface area contributed by atoms with Gasteiger partial charge in [0, 0.05) is 12.1 Å². The number of benzene rings is 1. The fourth-order valence-corrected chi connectivity index (χ4v) is 3.57. The van der Waals surface area contributed by atoms with Gasteiger partial charge in [0.25, 0.3) is 5.91 Å². The van der Waals surface area contributed by atoms with Gasteiger partial charge in [0.15, 0.2) is 0 Å². The molecule has 1 aliphatic heterocycles. The van der Waals surface area contributed by atoms with Gasteiger partial charge < -0.3 is 26.0 Å². The lowest BCUT2D eigenvalue weighted by atomic mass is 10.1. The van der Waals surface area contributed by atoms with E-state index in [1.54, 1.807) is 22.9 Å². The molecule has 4 rings (SSSR count). The van der Waals surface area contributed by atoms with Crippen LogP contribution < -0.4 is 10.6 Å². The van der Waals surface area contributed by atoms with Crippen molar-refractivity contribution in [3.8, 4) is 17.3 Å². The van der Waals surface area contributed by atoms with E-state index in [1.165, 1.54) is 18.1 Å². The van der Waals surface area contributed by atoms with E-state index >= 15 is 0 Å². The van der Waals surface area contributed by atoms with Crippen molar-refractivity contribution in [3.63, 3.8) is 0 Å². The van der Waals surface area contributed by atoms with Gasteiger partial charge in [0.1, 0.15) is 5.69 Å². The third-order valence-corrected chi connectivity index (χ3v) is 5.60. The molecule has 0 radical (unpaired) electrons. The van der Waals surface area contributed by atoms with Crippen LogP contribution in [0.4, 0.5) is 10.5 Å². The van der Waals surface area contributed by atoms with Crippen molar-refractivity contribution in [2.24, 2.45) is 0 Å². The molecule has 1 saturated carbocycles. The van der Waals surface area contributed by atoms with Gasteiger partial charge in [-0.05, 0) is 36.7 Å². The molecule has 1 atom stereocenters. The van der Waals surface area contributed by atoms with Crippen LogP contribution in [-0.4, -0.2) is 58.5 Å². The van der Waals surface area contributed by atoms with Crippen LogP contribution in [0, 0.1) is 11.3 Å². The summed E-state index contributed by atoms with van der Waals surface area (Å²) in [6.45, 7) is 2.24. The Labute approximate surface area is 184 Å². The van der Waals surface area contributed by atoms with Crippen LogP contribution in [0.3, 0.4) is 0 Å². The number of alkyl carbamates (subject to hydrolysis) is 1. The first-order valence-electron chi connectivity index (χ1n) is 10.1. The van der Waals surface area contributed by atoms with E-state index in [1.807, 2.05) is 13.0 Å². The Morgan fingerprint density at radius 1 is 1.38 bits per heavy atom. The molecule has 1 fully saturated rings. The first-order chi connectivity index (χ1) is 15.3. The summed E-state index contributed by atoms with van der Waals surface area (Å²) in [5.41, 5.74) is 8.98. The quantitative estimate of drug-likeness (QED) is 0.733. The molecule has 1 aliphatic carbocycles. The minimum atomic E-state index is -1.13. The highest BCUT2D eigenvalue weighted by molar-refractivity contribution is 6.04. The van der Waals surface area contributed by atoms with E-state index in [4.69, 9.17) is 5.73 Å². The van der Waals surface area contributed by atoms with E-state index in [9.17, 15) is 19.6 Å². The molecule has 1 aromatic carbocycles. The van der Waals surface area contributed by atoms with Gasteiger partial charge >= 0.3 is 6.09 Å².